The molecule has 1 aromatic rings. The van der Waals surface area contributed by atoms with Crippen LogP contribution in [0.25, 0.3) is 0 Å². The SMILES string of the molecule is CCC(OC)C(N)c1ccc(F)c(C)c1. The van der Waals surface area contributed by atoms with E-state index in [1.807, 2.05) is 6.92 Å². The van der Waals surface area contributed by atoms with Crippen molar-refractivity contribution in [3.63, 3.8) is 0 Å². The molecule has 0 bridgehead atoms. The highest BCUT2D eigenvalue weighted by molar-refractivity contribution is 5.27. The zero-order chi connectivity index (χ0) is 11.4. The Labute approximate surface area is 90.2 Å². The molecular weight excluding hydrogens is 193 g/mol. The Morgan fingerprint density at radius 3 is 2.60 bits per heavy atom. The van der Waals surface area contributed by atoms with Crippen LogP contribution in [0.2, 0.25) is 0 Å². The molecule has 0 saturated carbocycles. The van der Waals surface area contributed by atoms with E-state index >= 15 is 0 Å². The predicted octanol–water partition coefficient (Wildman–Crippen LogP) is 2.56. The molecule has 2 unspecified atom stereocenters. The van der Waals surface area contributed by atoms with E-state index in [0.29, 0.717) is 5.56 Å². The fraction of sp³-hybridized carbons (Fsp3) is 0.500. The summed E-state index contributed by atoms with van der Waals surface area (Å²) in [5, 5.41) is 0. The molecule has 0 fully saturated rings. The van der Waals surface area contributed by atoms with Gasteiger partial charge in [0.05, 0.1) is 12.1 Å². The number of benzene rings is 1. The number of ether oxygens (including phenoxy) is 1. The maximum atomic E-state index is 13.1. The molecule has 1 aromatic carbocycles. The molecule has 0 saturated heterocycles. The Kier molecular flexibility index (Phi) is 4.24. The summed E-state index contributed by atoms with van der Waals surface area (Å²) in [6.45, 7) is 3.75. The Hall–Kier alpha value is -0.930. The van der Waals surface area contributed by atoms with Crippen molar-refractivity contribution in [2.24, 2.45) is 5.73 Å². The van der Waals surface area contributed by atoms with Gasteiger partial charge in [-0.1, -0.05) is 19.1 Å². The lowest BCUT2D eigenvalue weighted by molar-refractivity contribution is 0.0771. The van der Waals surface area contributed by atoms with Crippen LogP contribution in [0.3, 0.4) is 0 Å². The highest BCUT2D eigenvalue weighted by Crippen LogP contribution is 2.20. The van der Waals surface area contributed by atoms with E-state index in [9.17, 15) is 4.39 Å². The molecule has 0 heterocycles. The number of hydrogen-bond donors (Lipinski definition) is 1. The number of rotatable bonds is 4. The molecule has 15 heavy (non-hydrogen) atoms. The zero-order valence-electron chi connectivity index (χ0n) is 9.46. The third-order valence-electron chi connectivity index (χ3n) is 2.67. The van der Waals surface area contributed by atoms with E-state index in [-0.39, 0.29) is 18.0 Å². The van der Waals surface area contributed by atoms with Crippen LogP contribution < -0.4 is 5.73 Å². The highest BCUT2D eigenvalue weighted by Gasteiger charge is 2.17. The third-order valence-corrected chi connectivity index (χ3v) is 2.67. The Morgan fingerprint density at radius 1 is 1.47 bits per heavy atom. The van der Waals surface area contributed by atoms with Crippen molar-refractivity contribution in [1.29, 1.82) is 0 Å². The Bertz CT molecular complexity index is 323. The predicted molar refractivity (Wildman–Crippen MR) is 59.2 cm³/mol. The third kappa shape index (κ3) is 2.76. The van der Waals surface area contributed by atoms with Crippen LogP contribution in [0.15, 0.2) is 18.2 Å². The van der Waals surface area contributed by atoms with Gasteiger partial charge in [0, 0.05) is 7.11 Å². The van der Waals surface area contributed by atoms with Gasteiger partial charge >= 0.3 is 0 Å². The van der Waals surface area contributed by atoms with Gasteiger partial charge in [-0.05, 0) is 30.5 Å². The molecule has 0 aromatic heterocycles. The van der Waals surface area contributed by atoms with Gasteiger partial charge in [0.25, 0.3) is 0 Å². The molecule has 0 radical (unpaired) electrons. The van der Waals surface area contributed by atoms with Crippen molar-refractivity contribution in [1.82, 2.24) is 0 Å². The van der Waals surface area contributed by atoms with Crippen LogP contribution in [0, 0.1) is 12.7 Å². The standard InChI is InChI=1S/C12H18FNO/c1-4-11(15-3)12(14)9-5-6-10(13)8(2)7-9/h5-7,11-12H,4,14H2,1-3H3. The minimum Gasteiger partial charge on any atom is -0.379 e. The summed E-state index contributed by atoms with van der Waals surface area (Å²) in [5.41, 5.74) is 7.57. The average Bonchev–Trinajstić information content (AvgIpc) is 2.23. The number of hydrogen-bond acceptors (Lipinski definition) is 2. The van der Waals surface area contributed by atoms with Crippen molar-refractivity contribution in [3.8, 4) is 0 Å². The molecule has 2 nitrogen and oxygen atoms in total. The number of halogens is 1. The van der Waals surface area contributed by atoms with E-state index in [0.717, 1.165) is 12.0 Å². The van der Waals surface area contributed by atoms with E-state index in [4.69, 9.17) is 10.5 Å². The van der Waals surface area contributed by atoms with Crippen LogP contribution in [0.5, 0.6) is 0 Å². The van der Waals surface area contributed by atoms with Gasteiger partial charge in [0.2, 0.25) is 0 Å². The second kappa shape index (κ2) is 5.24. The molecule has 0 aliphatic heterocycles. The minimum atomic E-state index is -0.198. The lowest BCUT2D eigenvalue weighted by Crippen LogP contribution is -2.27. The Balaban J connectivity index is 2.90. The number of nitrogens with two attached hydrogens (primary N) is 1. The molecule has 2 atom stereocenters. The van der Waals surface area contributed by atoms with Crippen LogP contribution in [0.4, 0.5) is 4.39 Å². The molecular formula is C12H18FNO. The van der Waals surface area contributed by atoms with Gasteiger partial charge < -0.3 is 10.5 Å². The molecule has 1 rings (SSSR count). The zero-order valence-corrected chi connectivity index (χ0v) is 9.46. The smallest absolute Gasteiger partial charge is 0.126 e. The maximum Gasteiger partial charge on any atom is 0.126 e. The first kappa shape index (κ1) is 12.1. The first-order valence-corrected chi connectivity index (χ1v) is 5.14. The molecule has 0 spiro atoms. The van der Waals surface area contributed by atoms with Gasteiger partial charge in [-0.15, -0.1) is 0 Å². The van der Waals surface area contributed by atoms with Crippen molar-refractivity contribution < 1.29 is 9.13 Å². The van der Waals surface area contributed by atoms with Crippen LogP contribution >= 0.6 is 0 Å². The minimum absolute atomic E-state index is 0.0186. The van der Waals surface area contributed by atoms with Crippen molar-refractivity contribution in [2.75, 3.05) is 7.11 Å². The quantitative estimate of drug-likeness (QED) is 0.830. The first-order valence-electron chi connectivity index (χ1n) is 5.14. The summed E-state index contributed by atoms with van der Waals surface area (Å²) in [6, 6.07) is 4.75. The second-order valence-corrected chi connectivity index (χ2v) is 3.72. The topological polar surface area (TPSA) is 35.2 Å². The lowest BCUT2D eigenvalue weighted by Gasteiger charge is -2.21. The summed E-state index contributed by atoms with van der Waals surface area (Å²) in [4.78, 5) is 0. The lowest BCUT2D eigenvalue weighted by atomic mass is 9.99. The molecule has 0 amide bonds. The normalized spacial score (nSPS) is 15.0. The number of aryl methyl sites for hydroxylation is 1. The summed E-state index contributed by atoms with van der Waals surface area (Å²) in [7, 11) is 1.64. The van der Waals surface area contributed by atoms with E-state index in [1.165, 1.54) is 6.07 Å². The monoisotopic (exact) mass is 211 g/mol. The van der Waals surface area contributed by atoms with Crippen molar-refractivity contribution >= 4 is 0 Å². The molecule has 0 aliphatic rings. The van der Waals surface area contributed by atoms with Gasteiger partial charge in [-0.25, -0.2) is 4.39 Å². The van der Waals surface area contributed by atoms with E-state index in [2.05, 4.69) is 0 Å². The van der Waals surface area contributed by atoms with Crippen LogP contribution in [0.1, 0.15) is 30.5 Å². The molecule has 0 aliphatic carbocycles. The molecule has 2 N–H and O–H groups in total. The molecule has 84 valence electrons. The van der Waals surface area contributed by atoms with Crippen LogP contribution in [-0.4, -0.2) is 13.2 Å². The van der Waals surface area contributed by atoms with E-state index < -0.39 is 0 Å². The largest absolute Gasteiger partial charge is 0.379 e. The fourth-order valence-electron chi connectivity index (χ4n) is 1.66. The van der Waals surface area contributed by atoms with Crippen LogP contribution in [-0.2, 0) is 4.74 Å². The number of methoxy groups -OCH3 is 1. The summed E-state index contributed by atoms with van der Waals surface area (Å²) in [6.07, 6.45) is 0.823. The summed E-state index contributed by atoms with van der Waals surface area (Å²) in [5.74, 6) is -0.198. The Morgan fingerprint density at radius 2 is 2.13 bits per heavy atom. The maximum absolute atomic E-state index is 13.1. The first-order chi connectivity index (χ1) is 7.10. The van der Waals surface area contributed by atoms with Gasteiger partial charge in [-0.2, -0.15) is 0 Å². The van der Waals surface area contributed by atoms with Crippen molar-refractivity contribution in [3.05, 3.63) is 35.1 Å². The van der Waals surface area contributed by atoms with E-state index in [1.54, 1.807) is 26.2 Å². The van der Waals surface area contributed by atoms with Gasteiger partial charge in [0.15, 0.2) is 0 Å². The molecule has 3 heteroatoms. The van der Waals surface area contributed by atoms with Gasteiger partial charge in [0.1, 0.15) is 5.82 Å². The van der Waals surface area contributed by atoms with Gasteiger partial charge in [-0.3, -0.25) is 0 Å². The second-order valence-electron chi connectivity index (χ2n) is 3.72. The average molecular weight is 211 g/mol. The summed E-state index contributed by atoms with van der Waals surface area (Å²) >= 11 is 0. The fourth-order valence-corrected chi connectivity index (χ4v) is 1.66. The summed E-state index contributed by atoms with van der Waals surface area (Å²) < 4.78 is 18.3. The highest BCUT2D eigenvalue weighted by atomic mass is 19.1. The van der Waals surface area contributed by atoms with Crippen molar-refractivity contribution in [2.45, 2.75) is 32.4 Å².